The van der Waals surface area contributed by atoms with Crippen LogP contribution in [-0.2, 0) is 5.41 Å². The third-order valence-corrected chi connectivity index (χ3v) is 5.75. The van der Waals surface area contributed by atoms with Crippen molar-refractivity contribution in [3.63, 3.8) is 0 Å². The SMILES string of the molecule is CC(C)(C)c1ccc(C2CN(C(c3ccccc3)c3ccccc3)C2)cc1. The van der Waals surface area contributed by atoms with Crippen LogP contribution in [0.1, 0.15) is 55.0 Å². The average Bonchev–Trinajstić information content (AvgIpc) is 2.65. The lowest BCUT2D eigenvalue weighted by Gasteiger charge is -2.45. The van der Waals surface area contributed by atoms with Crippen LogP contribution in [0.15, 0.2) is 84.9 Å². The molecule has 27 heavy (non-hydrogen) atoms. The Labute approximate surface area is 163 Å². The third kappa shape index (κ3) is 3.84. The first-order valence-corrected chi connectivity index (χ1v) is 9.97. The van der Waals surface area contributed by atoms with Crippen molar-refractivity contribution in [2.45, 2.75) is 38.1 Å². The molecule has 1 nitrogen and oxygen atoms in total. The molecule has 0 atom stereocenters. The second-order valence-electron chi connectivity index (χ2n) is 8.75. The lowest BCUT2D eigenvalue weighted by molar-refractivity contribution is 0.111. The van der Waals surface area contributed by atoms with Crippen LogP contribution in [0.5, 0.6) is 0 Å². The van der Waals surface area contributed by atoms with Crippen LogP contribution in [0.25, 0.3) is 0 Å². The normalized spacial score (nSPS) is 15.7. The topological polar surface area (TPSA) is 3.24 Å². The lowest BCUT2D eigenvalue weighted by Crippen LogP contribution is -2.47. The summed E-state index contributed by atoms with van der Waals surface area (Å²) in [7, 11) is 0. The van der Waals surface area contributed by atoms with E-state index < -0.39 is 0 Å². The molecule has 0 spiro atoms. The molecule has 138 valence electrons. The minimum Gasteiger partial charge on any atom is -0.291 e. The molecule has 0 unspecified atom stereocenters. The fourth-order valence-corrected chi connectivity index (χ4v) is 4.07. The molecule has 3 aromatic rings. The van der Waals surface area contributed by atoms with Gasteiger partial charge in [0.15, 0.2) is 0 Å². The fourth-order valence-electron chi connectivity index (χ4n) is 4.07. The molecule has 3 aromatic carbocycles. The number of benzene rings is 3. The molecule has 1 heteroatoms. The Morgan fingerprint density at radius 3 is 1.63 bits per heavy atom. The van der Waals surface area contributed by atoms with Crippen LogP contribution >= 0.6 is 0 Å². The lowest BCUT2D eigenvalue weighted by atomic mass is 9.83. The summed E-state index contributed by atoms with van der Waals surface area (Å²) < 4.78 is 0. The maximum absolute atomic E-state index is 2.60. The molecule has 4 rings (SSSR count). The molecular formula is C26H29N. The predicted molar refractivity (Wildman–Crippen MR) is 114 cm³/mol. The number of hydrogen-bond acceptors (Lipinski definition) is 1. The first-order valence-electron chi connectivity index (χ1n) is 9.97. The molecule has 0 bridgehead atoms. The maximum atomic E-state index is 2.60. The smallest absolute Gasteiger partial charge is 0.0602 e. The highest BCUT2D eigenvalue weighted by Gasteiger charge is 2.34. The summed E-state index contributed by atoms with van der Waals surface area (Å²) in [5, 5.41) is 0. The van der Waals surface area contributed by atoms with E-state index in [-0.39, 0.29) is 5.41 Å². The van der Waals surface area contributed by atoms with Crippen molar-refractivity contribution in [3.8, 4) is 0 Å². The molecule has 1 aliphatic heterocycles. The highest BCUT2D eigenvalue weighted by Crippen LogP contribution is 2.38. The predicted octanol–water partition coefficient (Wildman–Crippen LogP) is 6.17. The van der Waals surface area contributed by atoms with Crippen molar-refractivity contribution in [2.24, 2.45) is 0 Å². The Morgan fingerprint density at radius 2 is 1.19 bits per heavy atom. The van der Waals surface area contributed by atoms with Crippen LogP contribution < -0.4 is 0 Å². The van der Waals surface area contributed by atoms with E-state index in [1.54, 1.807) is 0 Å². The van der Waals surface area contributed by atoms with Crippen LogP contribution in [0, 0.1) is 0 Å². The minimum atomic E-state index is 0.218. The monoisotopic (exact) mass is 355 g/mol. The Hall–Kier alpha value is -2.38. The third-order valence-electron chi connectivity index (χ3n) is 5.75. The van der Waals surface area contributed by atoms with Crippen molar-refractivity contribution in [1.29, 1.82) is 0 Å². The van der Waals surface area contributed by atoms with E-state index in [4.69, 9.17) is 0 Å². The van der Waals surface area contributed by atoms with Gasteiger partial charge in [-0.2, -0.15) is 0 Å². The zero-order valence-corrected chi connectivity index (χ0v) is 16.6. The molecular weight excluding hydrogens is 326 g/mol. The molecule has 0 radical (unpaired) electrons. The summed E-state index contributed by atoms with van der Waals surface area (Å²) in [6.07, 6.45) is 0. The highest BCUT2D eigenvalue weighted by molar-refractivity contribution is 5.35. The molecule has 0 aromatic heterocycles. The summed E-state index contributed by atoms with van der Waals surface area (Å²) in [5.41, 5.74) is 5.86. The van der Waals surface area contributed by atoms with Crippen LogP contribution in [0.3, 0.4) is 0 Å². The van der Waals surface area contributed by atoms with E-state index in [2.05, 4.69) is 111 Å². The van der Waals surface area contributed by atoms with E-state index in [0.717, 1.165) is 13.1 Å². The van der Waals surface area contributed by atoms with Gasteiger partial charge in [0.1, 0.15) is 0 Å². The summed E-state index contributed by atoms with van der Waals surface area (Å²) in [6.45, 7) is 9.05. The van der Waals surface area contributed by atoms with Gasteiger partial charge in [-0.25, -0.2) is 0 Å². The Bertz CT molecular complexity index is 814. The van der Waals surface area contributed by atoms with Gasteiger partial charge >= 0.3 is 0 Å². The fraction of sp³-hybridized carbons (Fsp3) is 0.308. The summed E-state index contributed by atoms with van der Waals surface area (Å²) in [5.74, 6) is 0.633. The second-order valence-corrected chi connectivity index (χ2v) is 8.75. The Morgan fingerprint density at radius 1 is 0.704 bits per heavy atom. The highest BCUT2D eigenvalue weighted by atomic mass is 15.2. The van der Waals surface area contributed by atoms with E-state index in [1.165, 1.54) is 22.3 Å². The Balaban J connectivity index is 1.52. The van der Waals surface area contributed by atoms with Crippen molar-refractivity contribution in [3.05, 3.63) is 107 Å². The second kappa shape index (κ2) is 7.32. The van der Waals surface area contributed by atoms with Gasteiger partial charge in [0.05, 0.1) is 6.04 Å². The van der Waals surface area contributed by atoms with Gasteiger partial charge in [-0.3, -0.25) is 4.90 Å². The largest absolute Gasteiger partial charge is 0.291 e. The molecule has 1 fully saturated rings. The van der Waals surface area contributed by atoms with E-state index >= 15 is 0 Å². The van der Waals surface area contributed by atoms with Gasteiger partial charge in [-0.15, -0.1) is 0 Å². The standard InChI is InChI=1S/C26H29N/c1-26(2,3)24-16-14-20(15-17-24)23-18-27(19-23)25(21-10-6-4-7-11-21)22-12-8-5-9-13-22/h4-17,23,25H,18-19H2,1-3H3. The van der Waals surface area contributed by atoms with Crippen LogP contribution in [0.2, 0.25) is 0 Å². The molecule has 0 amide bonds. The van der Waals surface area contributed by atoms with Crippen molar-refractivity contribution in [1.82, 2.24) is 4.90 Å². The average molecular weight is 356 g/mol. The van der Waals surface area contributed by atoms with Gasteiger partial charge in [0, 0.05) is 19.0 Å². The zero-order valence-electron chi connectivity index (χ0n) is 16.6. The van der Waals surface area contributed by atoms with Crippen molar-refractivity contribution < 1.29 is 0 Å². The number of rotatable bonds is 4. The van der Waals surface area contributed by atoms with Gasteiger partial charge in [0.25, 0.3) is 0 Å². The summed E-state index contributed by atoms with van der Waals surface area (Å²) in [6, 6.07) is 31.4. The molecule has 0 saturated carbocycles. The molecule has 1 aliphatic rings. The summed E-state index contributed by atoms with van der Waals surface area (Å²) >= 11 is 0. The van der Waals surface area contributed by atoms with E-state index in [9.17, 15) is 0 Å². The van der Waals surface area contributed by atoms with E-state index in [0.29, 0.717) is 12.0 Å². The van der Waals surface area contributed by atoms with Crippen LogP contribution in [0.4, 0.5) is 0 Å². The minimum absolute atomic E-state index is 0.218. The quantitative estimate of drug-likeness (QED) is 0.541. The maximum Gasteiger partial charge on any atom is 0.0602 e. The van der Waals surface area contributed by atoms with Crippen molar-refractivity contribution >= 4 is 0 Å². The van der Waals surface area contributed by atoms with E-state index in [1.807, 2.05) is 0 Å². The Kier molecular flexibility index (Phi) is 4.88. The first kappa shape index (κ1) is 18.0. The van der Waals surface area contributed by atoms with Crippen LogP contribution in [-0.4, -0.2) is 18.0 Å². The number of hydrogen-bond donors (Lipinski definition) is 0. The summed E-state index contributed by atoms with van der Waals surface area (Å²) in [4.78, 5) is 2.60. The molecule has 0 N–H and O–H groups in total. The first-order chi connectivity index (χ1) is 13.0. The molecule has 0 aliphatic carbocycles. The zero-order chi connectivity index (χ0) is 18.9. The van der Waals surface area contributed by atoms with Crippen molar-refractivity contribution in [2.75, 3.05) is 13.1 Å². The number of likely N-dealkylation sites (tertiary alicyclic amines) is 1. The van der Waals surface area contributed by atoms with Gasteiger partial charge in [0.2, 0.25) is 0 Å². The number of nitrogens with zero attached hydrogens (tertiary/aromatic N) is 1. The van der Waals surface area contributed by atoms with Gasteiger partial charge in [-0.05, 0) is 27.7 Å². The molecule has 1 saturated heterocycles. The van der Waals surface area contributed by atoms with Gasteiger partial charge in [-0.1, -0.05) is 106 Å². The molecule has 1 heterocycles. The van der Waals surface area contributed by atoms with Gasteiger partial charge < -0.3 is 0 Å².